The number of fused-ring (bicyclic) bond motifs is 1. The van der Waals surface area contributed by atoms with E-state index in [4.69, 9.17) is 4.42 Å². The molecule has 128 valence electrons. The van der Waals surface area contributed by atoms with E-state index in [0.717, 1.165) is 11.0 Å². The molecule has 0 spiro atoms. The first kappa shape index (κ1) is 16.5. The topological polar surface area (TPSA) is 97.4 Å². The van der Waals surface area contributed by atoms with Gasteiger partial charge >= 0.3 is 0 Å². The Labute approximate surface area is 143 Å². The third-order valence-electron chi connectivity index (χ3n) is 3.76. The second kappa shape index (κ2) is 7.04. The van der Waals surface area contributed by atoms with E-state index in [1.54, 1.807) is 12.1 Å². The van der Waals surface area contributed by atoms with Gasteiger partial charge in [-0.15, -0.1) is 0 Å². The first-order valence-electron chi connectivity index (χ1n) is 7.79. The molecule has 0 saturated carbocycles. The highest BCUT2D eigenvalue weighted by Crippen LogP contribution is 2.23. The smallest absolute Gasteiger partial charge is 0.271 e. The van der Waals surface area contributed by atoms with E-state index in [1.807, 2.05) is 37.3 Å². The number of nitrogens with one attached hydrogen (secondary N) is 2. The molecule has 1 heterocycles. The maximum Gasteiger partial charge on any atom is 0.271 e. The summed E-state index contributed by atoms with van der Waals surface area (Å²) < 4.78 is 5.73. The number of nitro groups is 1. The van der Waals surface area contributed by atoms with Gasteiger partial charge in [-0.3, -0.25) is 14.9 Å². The Morgan fingerprint density at radius 2 is 2.00 bits per heavy atom. The Bertz CT molecular complexity index is 886. The van der Waals surface area contributed by atoms with Gasteiger partial charge in [0.2, 0.25) is 5.91 Å². The first-order valence-corrected chi connectivity index (χ1v) is 7.79. The van der Waals surface area contributed by atoms with E-state index >= 15 is 0 Å². The quantitative estimate of drug-likeness (QED) is 0.528. The molecule has 0 saturated heterocycles. The number of nitro benzene ring substituents is 1. The highest BCUT2D eigenvalue weighted by Gasteiger charge is 2.14. The van der Waals surface area contributed by atoms with Crippen molar-refractivity contribution in [2.24, 2.45) is 0 Å². The molecule has 7 heteroatoms. The summed E-state index contributed by atoms with van der Waals surface area (Å²) in [5.41, 5.74) is 1.26. The van der Waals surface area contributed by atoms with Crippen LogP contribution in [0.2, 0.25) is 0 Å². The highest BCUT2D eigenvalue weighted by molar-refractivity contribution is 5.82. The molecule has 7 nitrogen and oxygen atoms in total. The van der Waals surface area contributed by atoms with Crippen LogP contribution < -0.4 is 10.6 Å². The Balaban J connectivity index is 1.58. The molecule has 0 radical (unpaired) electrons. The molecule has 0 unspecified atom stereocenters. The second-order valence-electron chi connectivity index (χ2n) is 5.64. The van der Waals surface area contributed by atoms with Crippen molar-refractivity contribution in [2.45, 2.75) is 13.0 Å². The minimum atomic E-state index is -0.477. The molecule has 25 heavy (non-hydrogen) atoms. The lowest BCUT2D eigenvalue weighted by Crippen LogP contribution is -2.31. The molecule has 1 aromatic heterocycles. The Morgan fingerprint density at radius 1 is 1.20 bits per heavy atom. The Morgan fingerprint density at radius 3 is 2.76 bits per heavy atom. The summed E-state index contributed by atoms with van der Waals surface area (Å²) in [6.45, 7) is 1.84. The normalized spacial score (nSPS) is 11.9. The number of para-hydroxylation sites is 1. The van der Waals surface area contributed by atoms with Crippen LogP contribution in [0.3, 0.4) is 0 Å². The minimum absolute atomic E-state index is 0.00569. The lowest BCUT2D eigenvalue weighted by molar-refractivity contribution is -0.384. The number of carbonyl (C=O) groups is 1. The molecule has 0 aliphatic carbocycles. The number of furan rings is 1. The average molecular weight is 339 g/mol. The van der Waals surface area contributed by atoms with Crippen molar-refractivity contribution in [1.29, 1.82) is 0 Å². The fraction of sp³-hybridized carbons (Fsp3) is 0.167. The number of carbonyl (C=O) groups excluding carboxylic acids is 1. The van der Waals surface area contributed by atoms with Crippen LogP contribution in [0, 0.1) is 10.1 Å². The number of hydrogen-bond donors (Lipinski definition) is 2. The summed E-state index contributed by atoms with van der Waals surface area (Å²) in [4.78, 5) is 22.4. The molecule has 2 N–H and O–H groups in total. The fourth-order valence-electron chi connectivity index (χ4n) is 2.49. The van der Waals surface area contributed by atoms with Gasteiger partial charge in [-0.2, -0.15) is 0 Å². The van der Waals surface area contributed by atoms with Crippen LogP contribution in [0.25, 0.3) is 11.0 Å². The average Bonchev–Trinajstić information content (AvgIpc) is 3.04. The molecule has 1 atom stereocenters. The van der Waals surface area contributed by atoms with Crippen molar-refractivity contribution in [2.75, 3.05) is 11.9 Å². The molecule has 0 aliphatic rings. The van der Waals surface area contributed by atoms with E-state index in [2.05, 4.69) is 10.6 Å². The maximum absolute atomic E-state index is 12.1. The summed E-state index contributed by atoms with van der Waals surface area (Å²) in [6.07, 6.45) is 0. The molecular weight excluding hydrogens is 322 g/mol. The van der Waals surface area contributed by atoms with E-state index in [-0.39, 0.29) is 24.2 Å². The molecule has 1 amide bonds. The van der Waals surface area contributed by atoms with Crippen molar-refractivity contribution in [3.63, 3.8) is 0 Å². The van der Waals surface area contributed by atoms with Crippen molar-refractivity contribution >= 4 is 28.3 Å². The largest absolute Gasteiger partial charge is 0.459 e. The number of anilines is 1. The number of amides is 1. The maximum atomic E-state index is 12.1. The molecule has 0 fully saturated rings. The minimum Gasteiger partial charge on any atom is -0.459 e. The predicted octanol–water partition coefficient (Wildman–Crippen LogP) is 3.63. The van der Waals surface area contributed by atoms with Gasteiger partial charge in [0.1, 0.15) is 11.3 Å². The molecule has 0 bridgehead atoms. The van der Waals surface area contributed by atoms with Crippen molar-refractivity contribution in [3.8, 4) is 0 Å². The van der Waals surface area contributed by atoms with Crippen LogP contribution in [0.1, 0.15) is 18.7 Å². The lowest BCUT2D eigenvalue weighted by Gasteiger charge is -2.12. The second-order valence-corrected chi connectivity index (χ2v) is 5.64. The van der Waals surface area contributed by atoms with Crippen molar-refractivity contribution in [3.05, 3.63) is 70.5 Å². The van der Waals surface area contributed by atoms with Crippen LogP contribution in [-0.2, 0) is 4.79 Å². The van der Waals surface area contributed by atoms with E-state index < -0.39 is 4.92 Å². The summed E-state index contributed by atoms with van der Waals surface area (Å²) in [7, 11) is 0. The fourth-order valence-corrected chi connectivity index (χ4v) is 2.49. The Hall–Kier alpha value is -3.35. The third kappa shape index (κ3) is 3.95. The van der Waals surface area contributed by atoms with E-state index in [9.17, 15) is 14.9 Å². The summed E-state index contributed by atoms with van der Waals surface area (Å²) in [5, 5.41) is 17.4. The zero-order chi connectivity index (χ0) is 17.8. The number of benzene rings is 2. The van der Waals surface area contributed by atoms with Gasteiger partial charge in [0.25, 0.3) is 5.69 Å². The van der Waals surface area contributed by atoms with Crippen LogP contribution in [0.5, 0.6) is 0 Å². The number of nitrogens with zero attached hydrogens (tertiary/aromatic N) is 1. The van der Waals surface area contributed by atoms with Gasteiger partial charge in [-0.05, 0) is 25.1 Å². The highest BCUT2D eigenvalue weighted by atomic mass is 16.6. The zero-order valence-electron chi connectivity index (χ0n) is 13.6. The molecule has 2 aromatic carbocycles. The van der Waals surface area contributed by atoms with Gasteiger partial charge in [-0.1, -0.05) is 24.3 Å². The van der Waals surface area contributed by atoms with Gasteiger partial charge in [-0.25, -0.2) is 0 Å². The molecule has 3 aromatic rings. The summed E-state index contributed by atoms with van der Waals surface area (Å²) in [5.74, 6) is 0.435. The van der Waals surface area contributed by atoms with Crippen molar-refractivity contribution in [1.82, 2.24) is 5.32 Å². The van der Waals surface area contributed by atoms with Gasteiger partial charge in [0.05, 0.1) is 17.5 Å². The summed E-state index contributed by atoms with van der Waals surface area (Å²) in [6, 6.07) is 15.3. The van der Waals surface area contributed by atoms with Crippen LogP contribution in [-0.4, -0.2) is 17.4 Å². The standard InChI is InChI=1S/C18H17N3O4/c1-12(17-9-13-5-2-3-8-16(13)25-17)20-18(22)11-19-14-6-4-7-15(10-14)21(23)24/h2-10,12,19H,11H2,1H3,(H,20,22)/t12-/m1/s1. The third-order valence-corrected chi connectivity index (χ3v) is 3.76. The van der Waals surface area contributed by atoms with Gasteiger partial charge in [0, 0.05) is 23.2 Å². The molecular formula is C18H17N3O4. The number of non-ortho nitro benzene ring substituents is 1. The zero-order valence-corrected chi connectivity index (χ0v) is 13.6. The van der Waals surface area contributed by atoms with Crippen LogP contribution in [0.4, 0.5) is 11.4 Å². The SMILES string of the molecule is C[C@@H](NC(=O)CNc1cccc([N+](=O)[O-])c1)c1cc2ccccc2o1. The van der Waals surface area contributed by atoms with E-state index in [0.29, 0.717) is 11.4 Å². The number of hydrogen-bond acceptors (Lipinski definition) is 5. The number of rotatable bonds is 6. The molecule has 0 aliphatic heterocycles. The van der Waals surface area contributed by atoms with Crippen molar-refractivity contribution < 1.29 is 14.1 Å². The summed E-state index contributed by atoms with van der Waals surface area (Å²) >= 11 is 0. The first-order chi connectivity index (χ1) is 12.0. The van der Waals surface area contributed by atoms with Crippen LogP contribution >= 0.6 is 0 Å². The van der Waals surface area contributed by atoms with Gasteiger partial charge < -0.3 is 15.1 Å². The molecule has 3 rings (SSSR count). The monoisotopic (exact) mass is 339 g/mol. The van der Waals surface area contributed by atoms with Crippen LogP contribution in [0.15, 0.2) is 59.0 Å². The van der Waals surface area contributed by atoms with Gasteiger partial charge in [0.15, 0.2) is 0 Å². The van der Waals surface area contributed by atoms with E-state index in [1.165, 1.54) is 12.1 Å². The Kier molecular flexibility index (Phi) is 4.65. The lowest BCUT2D eigenvalue weighted by atomic mass is 10.2. The predicted molar refractivity (Wildman–Crippen MR) is 94.4 cm³/mol.